The number of carbonyl (C=O) groups is 1. The molecule has 1 aromatic rings. The number of nitrogens with two attached hydrogens (primary N) is 1. The van der Waals surface area contributed by atoms with E-state index in [9.17, 15) is 4.79 Å². The summed E-state index contributed by atoms with van der Waals surface area (Å²) in [5, 5.41) is 2.62. The molecule has 0 saturated carbocycles. The molecule has 0 spiro atoms. The third-order valence-corrected chi connectivity index (χ3v) is 4.69. The second kappa shape index (κ2) is 6.45. The number of hydrogen-bond donors (Lipinski definition) is 1. The summed E-state index contributed by atoms with van der Waals surface area (Å²) in [4.78, 5) is 20.9. The minimum Gasteiger partial charge on any atom is -0.337 e. The van der Waals surface area contributed by atoms with Gasteiger partial charge in [0, 0.05) is 38.1 Å². The Morgan fingerprint density at radius 3 is 2.79 bits per heavy atom. The first-order chi connectivity index (χ1) is 9.15. The van der Waals surface area contributed by atoms with Crippen molar-refractivity contribution in [2.75, 3.05) is 26.7 Å². The van der Waals surface area contributed by atoms with Crippen LogP contribution in [0.25, 0.3) is 0 Å². The zero-order valence-corrected chi connectivity index (χ0v) is 12.4. The lowest BCUT2D eigenvalue weighted by atomic mass is 10.0. The first kappa shape index (κ1) is 14.4. The van der Waals surface area contributed by atoms with Gasteiger partial charge in [0.15, 0.2) is 0 Å². The maximum absolute atomic E-state index is 12.3. The topological polar surface area (TPSA) is 62.5 Å². The number of nitrogens with zero attached hydrogens (tertiary/aromatic N) is 3. The maximum atomic E-state index is 12.3. The zero-order chi connectivity index (χ0) is 13.8. The van der Waals surface area contributed by atoms with Gasteiger partial charge in [-0.05, 0) is 19.4 Å². The van der Waals surface area contributed by atoms with E-state index in [0.717, 1.165) is 37.5 Å². The standard InChI is InChI=1S/C13H22N4OS/c1-3-17-6-4-10(5-7-17)16(2)13(18)11-9-19-12(8-14)15-11/h9-10H,3-8,14H2,1-2H3. The fraction of sp³-hybridized carbons (Fsp3) is 0.692. The minimum atomic E-state index is 0.0194. The first-order valence-corrected chi connectivity index (χ1v) is 7.67. The van der Waals surface area contributed by atoms with Gasteiger partial charge in [0.25, 0.3) is 5.91 Å². The van der Waals surface area contributed by atoms with Crippen LogP contribution in [0.15, 0.2) is 5.38 Å². The molecule has 1 aliphatic rings. The Morgan fingerprint density at radius 1 is 1.58 bits per heavy atom. The van der Waals surface area contributed by atoms with Crippen molar-refractivity contribution < 1.29 is 4.79 Å². The van der Waals surface area contributed by atoms with E-state index in [-0.39, 0.29) is 5.91 Å². The molecule has 1 amide bonds. The van der Waals surface area contributed by atoms with Gasteiger partial charge in [0.05, 0.1) is 0 Å². The third kappa shape index (κ3) is 3.32. The molecule has 0 bridgehead atoms. The van der Waals surface area contributed by atoms with E-state index >= 15 is 0 Å². The molecule has 106 valence electrons. The van der Waals surface area contributed by atoms with E-state index in [1.165, 1.54) is 11.3 Å². The van der Waals surface area contributed by atoms with Crippen molar-refractivity contribution in [3.8, 4) is 0 Å². The number of aromatic nitrogens is 1. The van der Waals surface area contributed by atoms with Gasteiger partial charge in [-0.3, -0.25) is 4.79 Å². The number of carbonyl (C=O) groups excluding carboxylic acids is 1. The highest BCUT2D eigenvalue weighted by atomic mass is 32.1. The second-order valence-corrected chi connectivity index (χ2v) is 5.85. The fourth-order valence-corrected chi connectivity index (χ4v) is 3.12. The number of piperidine rings is 1. The molecule has 2 N–H and O–H groups in total. The van der Waals surface area contributed by atoms with Gasteiger partial charge in [-0.15, -0.1) is 11.3 Å². The van der Waals surface area contributed by atoms with Crippen LogP contribution in [-0.2, 0) is 6.54 Å². The summed E-state index contributed by atoms with van der Waals surface area (Å²) in [6, 6.07) is 0.332. The predicted molar refractivity (Wildman–Crippen MR) is 77.2 cm³/mol. The molecule has 6 heteroatoms. The summed E-state index contributed by atoms with van der Waals surface area (Å²) in [5.74, 6) is 0.0194. The number of hydrogen-bond acceptors (Lipinski definition) is 5. The van der Waals surface area contributed by atoms with E-state index in [4.69, 9.17) is 5.73 Å². The molecule has 0 atom stereocenters. The molecule has 1 saturated heterocycles. The van der Waals surface area contributed by atoms with Gasteiger partial charge in [-0.25, -0.2) is 4.98 Å². The number of likely N-dealkylation sites (tertiary alicyclic amines) is 1. The summed E-state index contributed by atoms with van der Waals surface area (Å²) in [6.45, 7) is 5.82. The van der Waals surface area contributed by atoms with E-state index in [2.05, 4.69) is 16.8 Å². The number of amides is 1. The van der Waals surface area contributed by atoms with Crippen LogP contribution < -0.4 is 5.73 Å². The van der Waals surface area contributed by atoms with Crippen molar-refractivity contribution in [3.63, 3.8) is 0 Å². The highest BCUT2D eigenvalue weighted by molar-refractivity contribution is 7.09. The molecular formula is C13H22N4OS. The van der Waals surface area contributed by atoms with Crippen molar-refractivity contribution in [1.82, 2.24) is 14.8 Å². The monoisotopic (exact) mass is 282 g/mol. The highest BCUT2D eigenvalue weighted by Gasteiger charge is 2.26. The number of thiazole rings is 1. The molecule has 0 unspecified atom stereocenters. The van der Waals surface area contributed by atoms with Crippen molar-refractivity contribution in [2.45, 2.75) is 32.4 Å². The average Bonchev–Trinajstić information content (AvgIpc) is 2.94. The van der Waals surface area contributed by atoms with Crippen LogP contribution in [0.2, 0.25) is 0 Å². The molecule has 0 radical (unpaired) electrons. The summed E-state index contributed by atoms with van der Waals surface area (Å²) < 4.78 is 0. The molecule has 1 fully saturated rings. The van der Waals surface area contributed by atoms with Gasteiger partial charge >= 0.3 is 0 Å². The van der Waals surface area contributed by atoms with Crippen LogP contribution in [0.1, 0.15) is 35.3 Å². The lowest BCUT2D eigenvalue weighted by Gasteiger charge is -2.36. The highest BCUT2D eigenvalue weighted by Crippen LogP contribution is 2.18. The van der Waals surface area contributed by atoms with Crippen molar-refractivity contribution >= 4 is 17.2 Å². The number of rotatable bonds is 4. The van der Waals surface area contributed by atoms with E-state index in [0.29, 0.717) is 18.3 Å². The Balaban J connectivity index is 1.95. The SMILES string of the molecule is CCN1CCC(N(C)C(=O)c2csc(CN)n2)CC1. The largest absolute Gasteiger partial charge is 0.337 e. The van der Waals surface area contributed by atoms with Crippen LogP contribution in [0.5, 0.6) is 0 Å². The van der Waals surface area contributed by atoms with Crippen LogP contribution in [0.3, 0.4) is 0 Å². The molecule has 2 heterocycles. The molecule has 2 rings (SSSR count). The van der Waals surface area contributed by atoms with Gasteiger partial charge in [0.1, 0.15) is 10.7 Å². The van der Waals surface area contributed by atoms with E-state index in [1.807, 2.05) is 17.3 Å². The molecule has 1 aromatic heterocycles. The minimum absolute atomic E-state index is 0.0194. The van der Waals surface area contributed by atoms with Gasteiger partial charge in [-0.2, -0.15) is 0 Å². The Morgan fingerprint density at radius 2 is 2.26 bits per heavy atom. The molecular weight excluding hydrogens is 260 g/mol. The smallest absolute Gasteiger partial charge is 0.273 e. The van der Waals surface area contributed by atoms with Gasteiger partial charge in [-0.1, -0.05) is 6.92 Å². The normalized spacial score (nSPS) is 17.6. The zero-order valence-electron chi connectivity index (χ0n) is 11.6. The first-order valence-electron chi connectivity index (χ1n) is 6.79. The maximum Gasteiger partial charge on any atom is 0.273 e. The van der Waals surface area contributed by atoms with Crippen LogP contribution in [0.4, 0.5) is 0 Å². The van der Waals surface area contributed by atoms with Crippen LogP contribution in [0, 0.1) is 0 Å². The lowest BCUT2D eigenvalue weighted by molar-refractivity contribution is 0.0641. The molecule has 1 aliphatic heterocycles. The summed E-state index contributed by atoms with van der Waals surface area (Å²) in [5.41, 5.74) is 6.06. The molecule has 19 heavy (non-hydrogen) atoms. The molecule has 0 aliphatic carbocycles. The van der Waals surface area contributed by atoms with Gasteiger partial charge in [0.2, 0.25) is 0 Å². The van der Waals surface area contributed by atoms with Crippen LogP contribution >= 0.6 is 11.3 Å². The average molecular weight is 282 g/mol. The van der Waals surface area contributed by atoms with Crippen molar-refractivity contribution in [2.24, 2.45) is 5.73 Å². The third-order valence-electron chi connectivity index (χ3n) is 3.82. The predicted octanol–water partition coefficient (Wildman–Crippen LogP) is 1.16. The van der Waals surface area contributed by atoms with Gasteiger partial charge < -0.3 is 15.5 Å². The summed E-state index contributed by atoms with van der Waals surface area (Å²) in [6.07, 6.45) is 2.09. The van der Waals surface area contributed by atoms with Crippen LogP contribution in [-0.4, -0.2) is 53.4 Å². The van der Waals surface area contributed by atoms with E-state index < -0.39 is 0 Å². The molecule has 5 nitrogen and oxygen atoms in total. The Hall–Kier alpha value is -0.980. The summed E-state index contributed by atoms with van der Waals surface area (Å²) >= 11 is 1.45. The van der Waals surface area contributed by atoms with Crippen molar-refractivity contribution in [3.05, 3.63) is 16.1 Å². The lowest BCUT2D eigenvalue weighted by Crippen LogP contribution is -2.45. The summed E-state index contributed by atoms with van der Waals surface area (Å²) in [7, 11) is 1.88. The van der Waals surface area contributed by atoms with E-state index in [1.54, 1.807) is 0 Å². The fourth-order valence-electron chi connectivity index (χ4n) is 2.47. The Kier molecular flexibility index (Phi) is 4.90. The Bertz CT molecular complexity index is 426. The second-order valence-electron chi connectivity index (χ2n) is 4.91. The quantitative estimate of drug-likeness (QED) is 0.900. The van der Waals surface area contributed by atoms with Crippen molar-refractivity contribution in [1.29, 1.82) is 0 Å². The Labute approximate surface area is 118 Å². The molecule has 0 aromatic carbocycles.